The third kappa shape index (κ3) is 8.47. The van der Waals surface area contributed by atoms with Crippen molar-refractivity contribution in [3.05, 3.63) is 99.5 Å². The summed E-state index contributed by atoms with van der Waals surface area (Å²) in [6.07, 6.45) is 5.18. The van der Waals surface area contributed by atoms with Gasteiger partial charge >= 0.3 is 0 Å². The minimum atomic E-state index is -3.93. The Kier molecular flexibility index (Phi) is 10.3. The molecule has 10 heteroatoms. The highest BCUT2D eigenvalue weighted by atomic mass is 35.5. The van der Waals surface area contributed by atoms with Crippen LogP contribution < -0.4 is 9.62 Å². The first kappa shape index (κ1) is 30.9. The molecule has 7 nitrogen and oxygen atoms in total. The Morgan fingerprint density at radius 2 is 1.61 bits per heavy atom. The van der Waals surface area contributed by atoms with Crippen LogP contribution in [0.15, 0.2) is 72.8 Å². The van der Waals surface area contributed by atoms with Gasteiger partial charge in [0.15, 0.2) is 0 Å². The molecule has 0 radical (unpaired) electrons. The Balaban J connectivity index is 1.73. The van der Waals surface area contributed by atoms with Crippen LogP contribution in [0.1, 0.15) is 42.4 Å². The smallest absolute Gasteiger partial charge is 0.244 e. The summed E-state index contributed by atoms with van der Waals surface area (Å²) in [4.78, 5) is 29.5. The predicted molar refractivity (Wildman–Crippen MR) is 165 cm³/mol. The van der Waals surface area contributed by atoms with Gasteiger partial charge in [0.1, 0.15) is 12.6 Å². The molecule has 0 heterocycles. The highest BCUT2D eigenvalue weighted by Crippen LogP contribution is 2.31. The van der Waals surface area contributed by atoms with Crippen LogP contribution in [-0.2, 0) is 32.6 Å². The maximum Gasteiger partial charge on any atom is 0.244 e. The van der Waals surface area contributed by atoms with E-state index in [2.05, 4.69) is 5.32 Å². The molecule has 1 N–H and O–H groups in total. The molecule has 2 amide bonds. The van der Waals surface area contributed by atoms with Crippen LogP contribution in [0, 0.1) is 6.92 Å². The summed E-state index contributed by atoms with van der Waals surface area (Å²) < 4.78 is 26.8. The van der Waals surface area contributed by atoms with Crippen molar-refractivity contribution in [2.24, 2.45) is 0 Å². The first-order chi connectivity index (χ1) is 19.5. The van der Waals surface area contributed by atoms with Gasteiger partial charge in [-0.3, -0.25) is 13.9 Å². The first-order valence-corrected chi connectivity index (χ1v) is 16.2. The third-order valence-electron chi connectivity index (χ3n) is 7.30. The zero-order chi connectivity index (χ0) is 29.6. The molecule has 1 unspecified atom stereocenters. The van der Waals surface area contributed by atoms with E-state index in [1.807, 2.05) is 61.5 Å². The van der Waals surface area contributed by atoms with Crippen molar-refractivity contribution in [3.63, 3.8) is 0 Å². The molecule has 0 aromatic heterocycles. The number of hydrogen-bond donors (Lipinski definition) is 1. The fraction of sp³-hybridized carbons (Fsp3) is 0.355. The largest absolute Gasteiger partial charge is 0.352 e. The number of carbonyl (C=O) groups excluding carboxylic acids is 2. The zero-order valence-corrected chi connectivity index (χ0v) is 25.6. The second-order valence-corrected chi connectivity index (χ2v) is 13.3. The highest BCUT2D eigenvalue weighted by Gasteiger charge is 2.34. The molecule has 0 aliphatic heterocycles. The Labute approximate surface area is 252 Å². The van der Waals surface area contributed by atoms with Gasteiger partial charge in [0, 0.05) is 24.0 Å². The van der Waals surface area contributed by atoms with Crippen molar-refractivity contribution >= 4 is 50.7 Å². The Morgan fingerprint density at radius 1 is 0.951 bits per heavy atom. The van der Waals surface area contributed by atoms with Crippen molar-refractivity contribution in [3.8, 4) is 0 Å². The average molecular weight is 617 g/mol. The molecular formula is C31H35Cl2N3O4S. The minimum Gasteiger partial charge on any atom is -0.352 e. The second-order valence-electron chi connectivity index (χ2n) is 10.6. The summed E-state index contributed by atoms with van der Waals surface area (Å²) in [7, 11) is -3.93. The highest BCUT2D eigenvalue weighted by molar-refractivity contribution is 7.92. The Hall–Kier alpha value is -3.07. The Morgan fingerprint density at radius 3 is 2.22 bits per heavy atom. The van der Waals surface area contributed by atoms with Gasteiger partial charge in [-0.2, -0.15) is 0 Å². The van der Waals surface area contributed by atoms with E-state index in [4.69, 9.17) is 23.2 Å². The van der Waals surface area contributed by atoms with Crippen molar-refractivity contribution < 1.29 is 18.0 Å². The van der Waals surface area contributed by atoms with E-state index in [0.29, 0.717) is 5.02 Å². The van der Waals surface area contributed by atoms with E-state index in [1.54, 1.807) is 0 Å². The lowest BCUT2D eigenvalue weighted by Crippen LogP contribution is -2.54. The summed E-state index contributed by atoms with van der Waals surface area (Å²) in [6.45, 7) is 1.56. The number of anilines is 1. The van der Waals surface area contributed by atoms with Gasteiger partial charge in [0.2, 0.25) is 21.8 Å². The topological polar surface area (TPSA) is 86.8 Å². The van der Waals surface area contributed by atoms with Gasteiger partial charge in [-0.15, -0.1) is 0 Å². The van der Waals surface area contributed by atoms with Crippen LogP contribution in [0.25, 0.3) is 0 Å². The third-order valence-corrected chi connectivity index (χ3v) is 8.97. The van der Waals surface area contributed by atoms with Crippen LogP contribution in [-0.4, -0.2) is 50.0 Å². The molecule has 1 saturated carbocycles. The number of hydrogen-bond acceptors (Lipinski definition) is 4. The molecule has 3 aromatic carbocycles. The number of amides is 2. The van der Waals surface area contributed by atoms with Crippen LogP contribution in [0.2, 0.25) is 10.0 Å². The van der Waals surface area contributed by atoms with Gasteiger partial charge < -0.3 is 10.2 Å². The van der Waals surface area contributed by atoms with Crippen molar-refractivity contribution in [1.82, 2.24) is 10.2 Å². The van der Waals surface area contributed by atoms with Gasteiger partial charge in [0.25, 0.3) is 0 Å². The molecule has 3 aromatic rings. The van der Waals surface area contributed by atoms with E-state index in [1.165, 1.54) is 23.1 Å². The molecule has 41 heavy (non-hydrogen) atoms. The summed E-state index contributed by atoms with van der Waals surface area (Å²) in [6, 6.07) is 20.8. The molecule has 218 valence electrons. The van der Waals surface area contributed by atoms with Crippen LogP contribution in [0.4, 0.5) is 5.69 Å². The van der Waals surface area contributed by atoms with E-state index in [0.717, 1.165) is 52.9 Å². The van der Waals surface area contributed by atoms with E-state index >= 15 is 0 Å². The lowest BCUT2D eigenvalue weighted by molar-refractivity contribution is -0.140. The lowest BCUT2D eigenvalue weighted by Gasteiger charge is -2.34. The number of nitrogens with zero attached hydrogens (tertiary/aromatic N) is 2. The van der Waals surface area contributed by atoms with Crippen molar-refractivity contribution in [1.29, 1.82) is 0 Å². The number of aryl methyl sites for hydroxylation is 1. The molecule has 1 aliphatic rings. The maximum atomic E-state index is 14.2. The number of halogens is 2. The molecule has 1 aliphatic carbocycles. The normalized spacial score (nSPS) is 14.4. The van der Waals surface area contributed by atoms with Gasteiger partial charge in [-0.1, -0.05) is 96.2 Å². The fourth-order valence-electron chi connectivity index (χ4n) is 5.09. The average Bonchev–Trinajstić information content (AvgIpc) is 3.43. The first-order valence-electron chi connectivity index (χ1n) is 13.6. The monoisotopic (exact) mass is 615 g/mol. The predicted octanol–water partition coefficient (Wildman–Crippen LogP) is 5.77. The minimum absolute atomic E-state index is 0.0532. The summed E-state index contributed by atoms with van der Waals surface area (Å²) in [5, 5.41) is 3.60. The number of carbonyl (C=O) groups is 2. The number of rotatable bonds is 11. The van der Waals surface area contributed by atoms with Crippen molar-refractivity contribution in [2.75, 3.05) is 17.1 Å². The van der Waals surface area contributed by atoms with E-state index in [9.17, 15) is 18.0 Å². The SMILES string of the molecule is Cc1ccc(CN(C(=O)CN(c2ccc(Cl)cc2Cl)S(C)(=O)=O)C(Cc2ccccc2)C(=O)NC2CCCC2)cc1. The summed E-state index contributed by atoms with van der Waals surface area (Å²) >= 11 is 12.4. The van der Waals surface area contributed by atoms with Gasteiger partial charge in [0.05, 0.1) is 17.0 Å². The van der Waals surface area contributed by atoms with E-state index < -0.39 is 28.5 Å². The molecular weight excluding hydrogens is 581 g/mol. The Bertz CT molecular complexity index is 1460. The maximum absolute atomic E-state index is 14.2. The van der Waals surface area contributed by atoms with Crippen LogP contribution in [0.5, 0.6) is 0 Å². The van der Waals surface area contributed by atoms with Gasteiger partial charge in [-0.05, 0) is 49.1 Å². The lowest BCUT2D eigenvalue weighted by atomic mass is 10.0. The number of nitrogens with one attached hydrogen (secondary N) is 1. The van der Waals surface area contributed by atoms with E-state index in [-0.39, 0.29) is 35.6 Å². The molecule has 0 bridgehead atoms. The van der Waals surface area contributed by atoms with Crippen LogP contribution >= 0.6 is 23.2 Å². The quantitative estimate of drug-likeness (QED) is 0.297. The molecule has 1 atom stereocenters. The summed E-state index contributed by atoms with van der Waals surface area (Å²) in [5.74, 6) is -0.777. The van der Waals surface area contributed by atoms with Crippen molar-refractivity contribution in [2.45, 2.75) is 57.7 Å². The van der Waals surface area contributed by atoms with Crippen LogP contribution in [0.3, 0.4) is 0 Å². The standard InChI is InChI=1S/C31H35Cl2N3O4S/c1-22-12-14-24(15-13-22)20-35(30(37)21-36(41(2,39)40)28-17-16-25(32)19-27(28)33)29(18-23-8-4-3-5-9-23)31(38)34-26-10-6-7-11-26/h3-5,8-9,12-17,19,26,29H,6-7,10-11,18,20-21H2,1-2H3,(H,34,38). The molecule has 0 saturated heterocycles. The number of benzene rings is 3. The van der Waals surface area contributed by atoms with Gasteiger partial charge in [-0.25, -0.2) is 8.42 Å². The molecule has 1 fully saturated rings. The second kappa shape index (κ2) is 13.7. The summed E-state index contributed by atoms with van der Waals surface area (Å²) in [5.41, 5.74) is 2.91. The zero-order valence-electron chi connectivity index (χ0n) is 23.2. The number of sulfonamides is 1. The molecule has 0 spiro atoms. The molecule has 4 rings (SSSR count). The fourth-order valence-corrected chi connectivity index (χ4v) is 6.51.